The van der Waals surface area contributed by atoms with Crippen LogP contribution in [0.1, 0.15) is 36.3 Å². The summed E-state index contributed by atoms with van der Waals surface area (Å²) < 4.78 is 13.3. The summed E-state index contributed by atoms with van der Waals surface area (Å²) in [6, 6.07) is 13.9. The topological polar surface area (TPSA) is 42.0 Å². The summed E-state index contributed by atoms with van der Waals surface area (Å²) in [5, 5.41) is 3.81. The number of rotatable bonds is 5. The standard InChI is InChI=1S/C22H23FN2O/c1-14(2)11-12-24-22(26)20-13-15(3)25-21-18(5-4-6-19(20)21)16-7-9-17(23)10-8-16/h4-10,13-14H,11-12H2,1-3H3,(H,24,26). The summed E-state index contributed by atoms with van der Waals surface area (Å²) in [4.78, 5) is 17.3. The lowest BCUT2D eigenvalue weighted by atomic mass is 9.98. The molecule has 1 aromatic heterocycles. The molecule has 3 rings (SSSR count). The number of para-hydroxylation sites is 1. The van der Waals surface area contributed by atoms with E-state index < -0.39 is 0 Å². The van der Waals surface area contributed by atoms with E-state index in [1.165, 1.54) is 12.1 Å². The number of benzene rings is 2. The third kappa shape index (κ3) is 3.90. The largest absolute Gasteiger partial charge is 0.352 e. The van der Waals surface area contributed by atoms with Gasteiger partial charge in [0.2, 0.25) is 0 Å². The van der Waals surface area contributed by atoms with Crippen molar-refractivity contribution < 1.29 is 9.18 Å². The van der Waals surface area contributed by atoms with Gasteiger partial charge in [-0.25, -0.2) is 4.39 Å². The van der Waals surface area contributed by atoms with Gasteiger partial charge >= 0.3 is 0 Å². The molecule has 26 heavy (non-hydrogen) atoms. The predicted molar refractivity (Wildman–Crippen MR) is 104 cm³/mol. The average Bonchev–Trinajstić information content (AvgIpc) is 2.61. The Bertz CT molecular complexity index is 933. The van der Waals surface area contributed by atoms with E-state index in [2.05, 4.69) is 24.1 Å². The van der Waals surface area contributed by atoms with Gasteiger partial charge in [-0.1, -0.05) is 44.2 Å². The zero-order chi connectivity index (χ0) is 18.7. The first-order chi connectivity index (χ1) is 12.5. The van der Waals surface area contributed by atoms with Crippen molar-refractivity contribution in [1.29, 1.82) is 0 Å². The quantitative estimate of drug-likeness (QED) is 0.693. The van der Waals surface area contributed by atoms with E-state index in [9.17, 15) is 9.18 Å². The van der Waals surface area contributed by atoms with Gasteiger partial charge in [0.25, 0.3) is 5.91 Å². The monoisotopic (exact) mass is 350 g/mol. The van der Waals surface area contributed by atoms with Crippen molar-refractivity contribution >= 4 is 16.8 Å². The van der Waals surface area contributed by atoms with Crippen LogP contribution in [0.25, 0.3) is 22.0 Å². The molecule has 0 saturated carbocycles. The molecule has 3 aromatic rings. The number of halogens is 1. The Labute approximate surface area is 153 Å². The van der Waals surface area contributed by atoms with Crippen LogP contribution in [0.3, 0.4) is 0 Å². The molecule has 0 spiro atoms. The molecule has 0 aliphatic carbocycles. The lowest BCUT2D eigenvalue weighted by molar-refractivity contribution is 0.0953. The molecular weight excluding hydrogens is 327 g/mol. The van der Waals surface area contributed by atoms with E-state index >= 15 is 0 Å². The predicted octanol–water partition coefficient (Wildman–Crippen LogP) is 5.13. The molecule has 0 radical (unpaired) electrons. The lowest BCUT2D eigenvalue weighted by Gasteiger charge is -2.12. The fourth-order valence-corrected chi connectivity index (χ4v) is 3.00. The van der Waals surface area contributed by atoms with Gasteiger partial charge < -0.3 is 5.32 Å². The molecule has 4 heteroatoms. The highest BCUT2D eigenvalue weighted by atomic mass is 19.1. The second-order valence-corrected chi connectivity index (χ2v) is 6.96. The van der Waals surface area contributed by atoms with Crippen LogP contribution >= 0.6 is 0 Å². The number of aryl methyl sites for hydroxylation is 1. The maximum Gasteiger partial charge on any atom is 0.252 e. The molecule has 0 unspecified atom stereocenters. The molecule has 1 N–H and O–H groups in total. The molecule has 0 aliphatic heterocycles. The zero-order valence-electron chi connectivity index (χ0n) is 15.3. The molecule has 0 fully saturated rings. The molecule has 0 aliphatic rings. The summed E-state index contributed by atoms with van der Waals surface area (Å²) in [5.74, 6) is 0.178. The SMILES string of the molecule is Cc1cc(C(=O)NCCC(C)C)c2cccc(-c3ccc(F)cc3)c2n1. The molecule has 0 atom stereocenters. The van der Waals surface area contributed by atoms with E-state index in [-0.39, 0.29) is 11.7 Å². The lowest BCUT2D eigenvalue weighted by Crippen LogP contribution is -2.25. The highest BCUT2D eigenvalue weighted by Gasteiger charge is 2.14. The average molecular weight is 350 g/mol. The van der Waals surface area contributed by atoms with E-state index in [0.717, 1.165) is 34.1 Å². The van der Waals surface area contributed by atoms with Crippen molar-refractivity contribution in [3.8, 4) is 11.1 Å². The summed E-state index contributed by atoms with van der Waals surface area (Å²) >= 11 is 0. The first kappa shape index (κ1) is 18.1. The first-order valence-electron chi connectivity index (χ1n) is 8.90. The fourth-order valence-electron chi connectivity index (χ4n) is 3.00. The molecule has 0 saturated heterocycles. The zero-order valence-corrected chi connectivity index (χ0v) is 15.3. The second-order valence-electron chi connectivity index (χ2n) is 6.96. The van der Waals surface area contributed by atoms with Crippen molar-refractivity contribution in [2.45, 2.75) is 27.2 Å². The summed E-state index contributed by atoms with van der Waals surface area (Å²) in [7, 11) is 0. The Morgan fingerprint density at radius 2 is 1.88 bits per heavy atom. The Hall–Kier alpha value is -2.75. The van der Waals surface area contributed by atoms with Crippen LogP contribution in [-0.2, 0) is 0 Å². The van der Waals surface area contributed by atoms with Crippen LogP contribution in [-0.4, -0.2) is 17.4 Å². The number of carbonyl (C=O) groups is 1. The highest BCUT2D eigenvalue weighted by Crippen LogP contribution is 2.29. The van der Waals surface area contributed by atoms with E-state index in [1.807, 2.05) is 31.2 Å². The third-order valence-corrected chi connectivity index (χ3v) is 4.37. The van der Waals surface area contributed by atoms with Gasteiger partial charge in [-0.3, -0.25) is 9.78 Å². The summed E-state index contributed by atoms with van der Waals surface area (Å²) in [5.41, 5.74) is 3.93. The number of hydrogen-bond donors (Lipinski definition) is 1. The number of carbonyl (C=O) groups excluding carboxylic acids is 1. The number of nitrogens with zero attached hydrogens (tertiary/aromatic N) is 1. The Balaban J connectivity index is 2.05. The molecule has 1 amide bonds. The van der Waals surface area contributed by atoms with Crippen LogP contribution < -0.4 is 5.32 Å². The van der Waals surface area contributed by atoms with E-state index in [1.54, 1.807) is 12.1 Å². The van der Waals surface area contributed by atoms with Gasteiger partial charge in [0.05, 0.1) is 11.1 Å². The van der Waals surface area contributed by atoms with Crippen LogP contribution in [0.15, 0.2) is 48.5 Å². The van der Waals surface area contributed by atoms with Crippen LogP contribution in [0.2, 0.25) is 0 Å². The Morgan fingerprint density at radius 1 is 1.15 bits per heavy atom. The molecule has 0 bridgehead atoms. The van der Waals surface area contributed by atoms with Gasteiger partial charge in [-0.2, -0.15) is 0 Å². The minimum absolute atomic E-state index is 0.0857. The van der Waals surface area contributed by atoms with Crippen molar-refractivity contribution in [1.82, 2.24) is 10.3 Å². The molecular formula is C22H23FN2O. The number of aromatic nitrogens is 1. The van der Waals surface area contributed by atoms with E-state index in [4.69, 9.17) is 0 Å². The van der Waals surface area contributed by atoms with Crippen molar-refractivity contribution in [2.24, 2.45) is 5.92 Å². The van der Waals surface area contributed by atoms with E-state index in [0.29, 0.717) is 18.0 Å². The fraction of sp³-hybridized carbons (Fsp3) is 0.273. The smallest absolute Gasteiger partial charge is 0.252 e. The minimum atomic E-state index is -0.275. The van der Waals surface area contributed by atoms with Gasteiger partial charge in [0, 0.05) is 23.2 Å². The van der Waals surface area contributed by atoms with Crippen molar-refractivity contribution in [3.63, 3.8) is 0 Å². The van der Waals surface area contributed by atoms with Gasteiger partial charge in [0.15, 0.2) is 0 Å². The highest BCUT2D eigenvalue weighted by molar-refractivity contribution is 6.09. The minimum Gasteiger partial charge on any atom is -0.352 e. The van der Waals surface area contributed by atoms with Crippen molar-refractivity contribution in [2.75, 3.05) is 6.54 Å². The number of hydrogen-bond acceptors (Lipinski definition) is 2. The number of fused-ring (bicyclic) bond motifs is 1. The second kappa shape index (κ2) is 7.65. The first-order valence-corrected chi connectivity index (χ1v) is 8.90. The van der Waals surface area contributed by atoms with Crippen LogP contribution in [0.5, 0.6) is 0 Å². The third-order valence-electron chi connectivity index (χ3n) is 4.37. The van der Waals surface area contributed by atoms with Gasteiger partial charge in [-0.05, 0) is 43.0 Å². The maximum atomic E-state index is 13.3. The Kier molecular flexibility index (Phi) is 5.31. The normalized spacial score (nSPS) is 11.1. The number of nitrogens with one attached hydrogen (secondary N) is 1. The Morgan fingerprint density at radius 3 is 2.58 bits per heavy atom. The summed E-state index contributed by atoms with van der Waals surface area (Å²) in [6.45, 7) is 6.79. The molecule has 1 heterocycles. The number of amides is 1. The van der Waals surface area contributed by atoms with Crippen LogP contribution in [0, 0.1) is 18.7 Å². The molecule has 3 nitrogen and oxygen atoms in total. The van der Waals surface area contributed by atoms with Gasteiger partial charge in [0.1, 0.15) is 5.82 Å². The molecule has 134 valence electrons. The summed E-state index contributed by atoms with van der Waals surface area (Å²) in [6.07, 6.45) is 0.939. The van der Waals surface area contributed by atoms with Crippen LogP contribution in [0.4, 0.5) is 4.39 Å². The number of pyridine rings is 1. The van der Waals surface area contributed by atoms with Crippen molar-refractivity contribution in [3.05, 3.63) is 65.6 Å². The van der Waals surface area contributed by atoms with Gasteiger partial charge in [-0.15, -0.1) is 0 Å². The molecule has 2 aromatic carbocycles. The maximum absolute atomic E-state index is 13.3.